The van der Waals surface area contributed by atoms with E-state index in [1.54, 1.807) is 31.2 Å². The molecule has 0 aromatic heterocycles. The molecule has 1 unspecified atom stereocenters. The highest BCUT2D eigenvalue weighted by Gasteiger charge is 2.25. The summed E-state index contributed by atoms with van der Waals surface area (Å²) in [5.41, 5.74) is 6.83. The first-order valence-electron chi connectivity index (χ1n) is 6.03. The molecule has 0 saturated heterocycles. The first-order valence-corrected chi connectivity index (χ1v) is 6.03. The Morgan fingerprint density at radius 3 is 2.42 bits per heavy atom. The molecule has 0 bridgehead atoms. The van der Waals surface area contributed by atoms with Crippen LogP contribution in [0.3, 0.4) is 0 Å². The van der Waals surface area contributed by atoms with Gasteiger partial charge in [0.2, 0.25) is 0 Å². The fourth-order valence-corrected chi connectivity index (χ4v) is 1.94. The number of nitrogens with two attached hydrogens (primary N) is 1. The molecule has 104 valence electrons. The van der Waals surface area contributed by atoms with Crippen LogP contribution < -0.4 is 10.6 Å². The molecule has 0 saturated carbocycles. The summed E-state index contributed by atoms with van der Waals surface area (Å²) >= 11 is 0. The molecular formula is C13H18N2O4. The smallest absolute Gasteiger partial charge is 0.326 e. The van der Waals surface area contributed by atoms with E-state index in [0.717, 1.165) is 0 Å². The molecule has 4 N–H and O–H groups in total. The van der Waals surface area contributed by atoms with Crippen LogP contribution in [0.4, 0.5) is 11.4 Å². The van der Waals surface area contributed by atoms with Crippen LogP contribution in [0.5, 0.6) is 0 Å². The van der Waals surface area contributed by atoms with Crippen LogP contribution >= 0.6 is 0 Å². The Hall–Kier alpha value is -2.24. The number of nitrogens with zero attached hydrogens (tertiary/aromatic N) is 1. The first kappa shape index (κ1) is 14.8. The third-order valence-electron chi connectivity index (χ3n) is 2.86. The predicted molar refractivity (Wildman–Crippen MR) is 72.2 cm³/mol. The second-order valence-corrected chi connectivity index (χ2v) is 4.16. The normalized spacial score (nSPS) is 11.8. The summed E-state index contributed by atoms with van der Waals surface area (Å²) in [5, 5.41) is 18.0. The Balaban J connectivity index is 3.07. The van der Waals surface area contributed by atoms with Crippen molar-refractivity contribution in [3.8, 4) is 0 Å². The summed E-state index contributed by atoms with van der Waals surface area (Å²) in [6.07, 6.45) is 0.224. The van der Waals surface area contributed by atoms with Gasteiger partial charge >= 0.3 is 11.9 Å². The highest BCUT2D eigenvalue weighted by Crippen LogP contribution is 2.25. The number of anilines is 2. The number of carbonyl (C=O) groups is 2. The third kappa shape index (κ3) is 3.87. The third-order valence-corrected chi connectivity index (χ3v) is 2.86. The standard InChI is InChI=1S/C13H18N2O4/c1-2-10(13(18)19)15(8-7-12(16)17)11-6-4-3-5-9(11)14/h3-6,10H,2,7-8,14H2,1H3,(H,16,17)(H,18,19). The van der Waals surface area contributed by atoms with E-state index >= 15 is 0 Å². The molecule has 0 amide bonds. The first-order chi connectivity index (χ1) is 8.97. The van der Waals surface area contributed by atoms with Crippen LogP contribution in [-0.2, 0) is 9.59 Å². The van der Waals surface area contributed by atoms with E-state index in [1.807, 2.05) is 0 Å². The van der Waals surface area contributed by atoms with Crippen molar-refractivity contribution >= 4 is 23.3 Å². The zero-order valence-electron chi connectivity index (χ0n) is 10.7. The number of hydrogen-bond donors (Lipinski definition) is 3. The number of carboxylic acid groups (broad SMARTS) is 2. The Kier molecular flexibility index (Phi) is 5.17. The SMILES string of the molecule is CCC(C(=O)O)N(CCC(=O)O)c1ccccc1N. The molecule has 0 fully saturated rings. The van der Waals surface area contributed by atoms with E-state index in [0.29, 0.717) is 17.8 Å². The number of aliphatic carboxylic acids is 2. The van der Waals surface area contributed by atoms with Crippen LogP contribution in [-0.4, -0.2) is 34.7 Å². The zero-order chi connectivity index (χ0) is 14.4. The van der Waals surface area contributed by atoms with Crippen LogP contribution in [0, 0.1) is 0 Å². The molecular weight excluding hydrogens is 248 g/mol. The van der Waals surface area contributed by atoms with Crippen molar-refractivity contribution in [1.29, 1.82) is 0 Å². The lowest BCUT2D eigenvalue weighted by atomic mass is 10.1. The molecule has 0 heterocycles. The quantitative estimate of drug-likeness (QED) is 0.645. The fourth-order valence-electron chi connectivity index (χ4n) is 1.94. The van der Waals surface area contributed by atoms with Crippen LogP contribution in [0.2, 0.25) is 0 Å². The second-order valence-electron chi connectivity index (χ2n) is 4.16. The highest BCUT2D eigenvalue weighted by atomic mass is 16.4. The fraction of sp³-hybridized carbons (Fsp3) is 0.385. The van der Waals surface area contributed by atoms with E-state index in [-0.39, 0.29) is 13.0 Å². The van der Waals surface area contributed by atoms with Crippen LogP contribution in [0.1, 0.15) is 19.8 Å². The monoisotopic (exact) mass is 266 g/mol. The van der Waals surface area contributed by atoms with Crippen LogP contribution in [0.25, 0.3) is 0 Å². The molecule has 1 atom stereocenters. The van der Waals surface area contributed by atoms with Gasteiger partial charge in [0.1, 0.15) is 6.04 Å². The number of hydrogen-bond acceptors (Lipinski definition) is 4. The van der Waals surface area contributed by atoms with Gasteiger partial charge in [-0.15, -0.1) is 0 Å². The van der Waals surface area contributed by atoms with Gasteiger partial charge in [0.15, 0.2) is 0 Å². The number of nitrogen functional groups attached to an aromatic ring is 1. The molecule has 19 heavy (non-hydrogen) atoms. The average Bonchev–Trinajstić information content (AvgIpc) is 2.34. The molecule has 1 aromatic rings. The molecule has 0 aliphatic heterocycles. The highest BCUT2D eigenvalue weighted by molar-refractivity contribution is 5.81. The van der Waals surface area contributed by atoms with Crippen molar-refractivity contribution in [3.05, 3.63) is 24.3 Å². The maximum Gasteiger partial charge on any atom is 0.326 e. The van der Waals surface area contributed by atoms with Crippen LogP contribution in [0.15, 0.2) is 24.3 Å². The Labute approximate surface area is 111 Å². The summed E-state index contributed by atoms with van der Waals surface area (Å²) in [7, 11) is 0. The molecule has 0 radical (unpaired) electrons. The molecule has 1 aromatic carbocycles. The predicted octanol–water partition coefficient (Wildman–Crippen LogP) is 1.41. The number of benzene rings is 1. The topological polar surface area (TPSA) is 104 Å². The lowest BCUT2D eigenvalue weighted by molar-refractivity contribution is -0.140. The van der Waals surface area contributed by atoms with Crippen molar-refractivity contribution in [2.24, 2.45) is 0 Å². The number of carboxylic acids is 2. The molecule has 6 nitrogen and oxygen atoms in total. The van der Waals surface area contributed by atoms with E-state index in [2.05, 4.69) is 0 Å². The maximum atomic E-state index is 11.3. The summed E-state index contributed by atoms with van der Waals surface area (Å²) < 4.78 is 0. The van der Waals surface area contributed by atoms with Gasteiger partial charge in [-0.05, 0) is 18.6 Å². The lowest BCUT2D eigenvalue weighted by Gasteiger charge is -2.30. The summed E-state index contributed by atoms with van der Waals surface area (Å²) in [6.45, 7) is 1.85. The molecule has 0 aliphatic carbocycles. The van der Waals surface area contributed by atoms with E-state index in [9.17, 15) is 14.7 Å². The van der Waals surface area contributed by atoms with Gasteiger partial charge in [-0.2, -0.15) is 0 Å². The minimum Gasteiger partial charge on any atom is -0.481 e. The van der Waals surface area contributed by atoms with Crippen molar-refractivity contribution in [2.75, 3.05) is 17.2 Å². The minimum absolute atomic E-state index is 0.106. The van der Waals surface area contributed by atoms with Gasteiger partial charge in [-0.1, -0.05) is 19.1 Å². The molecule has 0 spiro atoms. The molecule has 1 rings (SSSR count). The summed E-state index contributed by atoms with van der Waals surface area (Å²) in [4.78, 5) is 23.5. The Morgan fingerprint density at radius 2 is 1.95 bits per heavy atom. The van der Waals surface area contributed by atoms with Gasteiger partial charge in [0, 0.05) is 6.54 Å². The largest absolute Gasteiger partial charge is 0.481 e. The van der Waals surface area contributed by atoms with Gasteiger partial charge in [-0.25, -0.2) is 4.79 Å². The summed E-state index contributed by atoms with van der Waals surface area (Å²) in [5.74, 6) is -1.96. The van der Waals surface area contributed by atoms with Gasteiger partial charge in [0.05, 0.1) is 17.8 Å². The molecule has 0 aliphatic rings. The van der Waals surface area contributed by atoms with E-state index in [1.165, 1.54) is 4.90 Å². The zero-order valence-corrected chi connectivity index (χ0v) is 10.7. The minimum atomic E-state index is -0.990. The van der Waals surface area contributed by atoms with Gasteiger partial charge in [-0.3, -0.25) is 4.79 Å². The summed E-state index contributed by atoms with van der Waals surface area (Å²) in [6, 6.07) is 6.06. The Morgan fingerprint density at radius 1 is 1.32 bits per heavy atom. The van der Waals surface area contributed by atoms with Crippen molar-refractivity contribution in [2.45, 2.75) is 25.8 Å². The van der Waals surface area contributed by atoms with E-state index < -0.39 is 18.0 Å². The average molecular weight is 266 g/mol. The number of rotatable bonds is 7. The van der Waals surface area contributed by atoms with E-state index in [4.69, 9.17) is 10.8 Å². The van der Waals surface area contributed by atoms with Gasteiger partial charge in [0.25, 0.3) is 0 Å². The maximum absolute atomic E-state index is 11.3. The van der Waals surface area contributed by atoms with Crippen molar-refractivity contribution < 1.29 is 19.8 Å². The number of para-hydroxylation sites is 2. The second kappa shape index (κ2) is 6.63. The Bertz CT molecular complexity index is 462. The van der Waals surface area contributed by atoms with Gasteiger partial charge < -0.3 is 20.8 Å². The lowest BCUT2D eigenvalue weighted by Crippen LogP contribution is -2.42. The molecule has 6 heteroatoms. The van der Waals surface area contributed by atoms with Crippen molar-refractivity contribution in [1.82, 2.24) is 0 Å². The van der Waals surface area contributed by atoms with Crippen molar-refractivity contribution in [3.63, 3.8) is 0 Å².